The van der Waals surface area contributed by atoms with E-state index in [1.54, 1.807) is 0 Å². The molecule has 0 fully saturated rings. The third-order valence-electron chi connectivity index (χ3n) is 7.36. The number of aromatic nitrogens is 2. The summed E-state index contributed by atoms with van der Waals surface area (Å²) in [4.78, 5) is 5.22. The lowest BCUT2D eigenvalue weighted by Crippen LogP contribution is -1.92. The van der Waals surface area contributed by atoms with E-state index < -0.39 is 0 Å². The largest absolute Gasteiger partial charge is 0.454 e. The first-order valence-corrected chi connectivity index (χ1v) is 12.6. The molecule has 0 bridgehead atoms. The summed E-state index contributed by atoms with van der Waals surface area (Å²) in [6.07, 6.45) is 0. The number of para-hydroxylation sites is 3. The van der Waals surface area contributed by atoms with Gasteiger partial charge in [-0.05, 0) is 41.8 Å². The number of benzene rings is 5. The molecule has 0 unspecified atom stereocenters. The van der Waals surface area contributed by atoms with Gasteiger partial charge in [0.2, 0.25) is 0 Å². The van der Waals surface area contributed by atoms with Crippen LogP contribution < -0.4 is 0 Å². The van der Waals surface area contributed by atoms with Gasteiger partial charge in [0.1, 0.15) is 11.2 Å². The monoisotopic (exact) mass is 464 g/mol. The first-order chi connectivity index (χ1) is 17.4. The van der Waals surface area contributed by atoms with E-state index in [2.05, 4.69) is 89.3 Å². The molecule has 0 aliphatic rings. The molecule has 9 rings (SSSR count). The van der Waals surface area contributed by atoms with Crippen molar-refractivity contribution in [1.29, 1.82) is 0 Å². The minimum atomic E-state index is 0.909. The van der Waals surface area contributed by atoms with Crippen molar-refractivity contribution in [3.63, 3.8) is 0 Å². The lowest BCUT2D eigenvalue weighted by Gasteiger charge is -2.11. The Hall–Kier alpha value is -4.41. The molecule has 0 spiro atoms. The molecule has 0 amide bonds. The van der Waals surface area contributed by atoms with E-state index in [0.29, 0.717) is 0 Å². The van der Waals surface area contributed by atoms with Crippen molar-refractivity contribution >= 4 is 91.8 Å². The predicted molar refractivity (Wildman–Crippen MR) is 148 cm³/mol. The fourth-order valence-corrected chi connectivity index (χ4v) is 7.02. The molecule has 4 aromatic heterocycles. The highest BCUT2D eigenvalue weighted by molar-refractivity contribution is 7.26. The lowest BCUT2D eigenvalue weighted by atomic mass is 10.00. The summed E-state index contributed by atoms with van der Waals surface area (Å²) in [7, 11) is 0. The summed E-state index contributed by atoms with van der Waals surface area (Å²) in [5.74, 6) is 0. The van der Waals surface area contributed by atoms with Crippen LogP contribution in [-0.4, -0.2) is 9.38 Å². The number of thiophene rings is 1. The van der Waals surface area contributed by atoms with Crippen LogP contribution in [0.3, 0.4) is 0 Å². The second-order valence-corrected chi connectivity index (χ2v) is 10.2. The molecule has 3 nitrogen and oxygen atoms in total. The Balaban J connectivity index is 1.67. The summed E-state index contributed by atoms with van der Waals surface area (Å²) in [6.45, 7) is 0. The summed E-state index contributed by atoms with van der Waals surface area (Å²) < 4.78 is 11.5. The Morgan fingerprint density at radius 3 is 2.34 bits per heavy atom. The zero-order valence-corrected chi connectivity index (χ0v) is 19.3. The highest BCUT2D eigenvalue weighted by Gasteiger charge is 2.21. The molecular formula is C31H16N2OS. The molecule has 0 saturated carbocycles. The molecule has 0 atom stereocenters. The Labute approximate surface area is 202 Å². The number of hydrogen-bond donors (Lipinski definition) is 0. The first kappa shape index (κ1) is 18.0. The molecule has 0 saturated heterocycles. The van der Waals surface area contributed by atoms with Crippen LogP contribution in [-0.2, 0) is 0 Å². The number of furan rings is 1. The SMILES string of the molecule is c1ccc2c(c1)nc1c3c(ccc4sc5ccccc5c43)c3ccc4c5ccccc5oc4c3n21. The second-order valence-electron chi connectivity index (χ2n) is 9.16. The van der Waals surface area contributed by atoms with E-state index in [9.17, 15) is 0 Å². The average Bonchev–Trinajstić information content (AvgIpc) is 3.59. The van der Waals surface area contributed by atoms with Crippen molar-refractivity contribution in [3.05, 3.63) is 97.1 Å². The van der Waals surface area contributed by atoms with Crippen LogP contribution in [0.5, 0.6) is 0 Å². The van der Waals surface area contributed by atoms with Crippen molar-refractivity contribution in [1.82, 2.24) is 9.38 Å². The molecule has 4 heteroatoms. The molecular weight excluding hydrogens is 448 g/mol. The van der Waals surface area contributed by atoms with Crippen molar-refractivity contribution in [3.8, 4) is 0 Å². The molecule has 35 heavy (non-hydrogen) atoms. The number of nitrogens with zero attached hydrogens (tertiary/aromatic N) is 2. The smallest absolute Gasteiger partial charge is 0.160 e. The van der Waals surface area contributed by atoms with Crippen LogP contribution in [0.2, 0.25) is 0 Å². The highest BCUT2D eigenvalue weighted by Crippen LogP contribution is 2.44. The normalized spacial score (nSPS) is 12.6. The third-order valence-corrected chi connectivity index (χ3v) is 8.50. The van der Waals surface area contributed by atoms with Gasteiger partial charge in [-0.25, -0.2) is 4.98 Å². The average molecular weight is 465 g/mol. The van der Waals surface area contributed by atoms with Crippen molar-refractivity contribution in [2.75, 3.05) is 0 Å². The zero-order chi connectivity index (χ0) is 22.7. The number of pyridine rings is 1. The molecule has 9 aromatic rings. The molecule has 0 aliphatic heterocycles. The van der Waals surface area contributed by atoms with E-state index in [0.717, 1.165) is 44.1 Å². The van der Waals surface area contributed by atoms with Crippen LogP contribution in [0.15, 0.2) is 101 Å². The predicted octanol–water partition coefficient (Wildman–Crippen LogP) is 9.06. The fourth-order valence-electron chi connectivity index (χ4n) is 5.91. The molecule has 4 heterocycles. The van der Waals surface area contributed by atoms with E-state index in [1.807, 2.05) is 23.5 Å². The maximum absolute atomic E-state index is 6.54. The van der Waals surface area contributed by atoms with Gasteiger partial charge in [0, 0.05) is 41.7 Å². The van der Waals surface area contributed by atoms with Crippen molar-refractivity contribution in [2.45, 2.75) is 0 Å². The van der Waals surface area contributed by atoms with E-state index in [4.69, 9.17) is 9.40 Å². The minimum Gasteiger partial charge on any atom is -0.454 e. The Morgan fingerprint density at radius 2 is 1.37 bits per heavy atom. The molecule has 0 N–H and O–H groups in total. The van der Waals surface area contributed by atoms with Gasteiger partial charge < -0.3 is 4.42 Å². The van der Waals surface area contributed by atoms with Gasteiger partial charge >= 0.3 is 0 Å². The highest BCUT2D eigenvalue weighted by atomic mass is 32.1. The quantitative estimate of drug-likeness (QED) is 0.210. The third kappa shape index (κ3) is 2.14. The van der Waals surface area contributed by atoms with Crippen LogP contribution in [0.25, 0.3) is 80.5 Å². The molecule has 0 aliphatic carbocycles. The van der Waals surface area contributed by atoms with Gasteiger partial charge in [0.15, 0.2) is 5.58 Å². The van der Waals surface area contributed by atoms with Gasteiger partial charge in [0.05, 0.1) is 16.6 Å². The van der Waals surface area contributed by atoms with Gasteiger partial charge in [-0.2, -0.15) is 0 Å². The lowest BCUT2D eigenvalue weighted by molar-refractivity contribution is 0.671. The Bertz CT molecular complexity index is 2330. The van der Waals surface area contributed by atoms with Crippen molar-refractivity contribution < 1.29 is 4.42 Å². The summed E-state index contributed by atoms with van der Waals surface area (Å²) in [5, 5.41) is 8.45. The van der Waals surface area contributed by atoms with Gasteiger partial charge in [0.25, 0.3) is 0 Å². The fraction of sp³-hybridized carbons (Fsp3) is 0. The summed E-state index contributed by atoms with van der Waals surface area (Å²) in [6, 6.07) is 34.4. The van der Waals surface area contributed by atoms with Crippen LogP contribution in [0.1, 0.15) is 0 Å². The van der Waals surface area contributed by atoms with Crippen molar-refractivity contribution in [2.24, 2.45) is 0 Å². The maximum Gasteiger partial charge on any atom is 0.160 e. The Morgan fingerprint density at radius 1 is 0.600 bits per heavy atom. The number of imidazole rings is 1. The first-order valence-electron chi connectivity index (χ1n) is 11.7. The summed E-state index contributed by atoms with van der Waals surface area (Å²) >= 11 is 1.85. The topological polar surface area (TPSA) is 30.4 Å². The number of rotatable bonds is 0. The van der Waals surface area contributed by atoms with E-state index >= 15 is 0 Å². The maximum atomic E-state index is 6.54. The minimum absolute atomic E-state index is 0.909. The standard InChI is InChI=1S/C31H16N2OS/c1-5-11-24-17(7-1)20-14-13-19-18-15-16-26-27(21-8-2-6-12-25(21)35-26)28(18)31-32-22-9-3-4-10-23(22)33(31)29(19)30(20)34-24/h1-16H. The second kappa shape index (κ2) is 6.17. The van der Waals surface area contributed by atoms with E-state index in [1.165, 1.54) is 36.3 Å². The molecule has 0 radical (unpaired) electrons. The number of fused-ring (bicyclic) bond motifs is 16. The number of hydrogen-bond acceptors (Lipinski definition) is 3. The van der Waals surface area contributed by atoms with Crippen LogP contribution in [0.4, 0.5) is 0 Å². The van der Waals surface area contributed by atoms with Crippen LogP contribution >= 0.6 is 11.3 Å². The zero-order valence-electron chi connectivity index (χ0n) is 18.4. The van der Waals surface area contributed by atoms with Crippen LogP contribution in [0, 0.1) is 0 Å². The van der Waals surface area contributed by atoms with E-state index in [-0.39, 0.29) is 0 Å². The summed E-state index contributed by atoms with van der Waals surface area (Å²) in [5.41, 5.74) is 5.97. The molecule has 162 valence electrons. The van der Waals surface area contributed by atoms with Gasteiger partial charge in [-0.3, -0.25) is 4.40 Å². The van der Waals surface area contributed by atoms with Gasteiger partial charge in [-0.15, -0.1) is 11.3 Å². The Kier molecular flexibility index (Phi) is 3.17. The van der Waals surface area contributed by atoms with Gasteiger partial charge in [-0.1, -0.05) is 60.7 Å². The molecule has 5 aromatic carbocycles.